The molecule has 1 aliphatic rings. The van der Waals surface area contributed by atoms with E-state index in [2.05, 4.69) is 0 Å². The molecule has 3 aromatic carbocycles. The normalized spacial score (nSPS) is 17.5. The van der Waals surface area contributed by atoms with Crippen molar-refractivity contribution >= 4 is 23.5 Å². The number of halogens is 1. The topological polar surface area (TPSA) is 69.7 Å². The van der Waals surface area contributed by atoms with Crippen LogP contribution in [0.25, 0.3) is 11.1 Å². The summed E-state index contributed by atoms with van der Waals surface area (Å²) in [7, 11) is 1.61. The van der Waals surface area contributed by atoms with E-state index >= 15 is 0 Å². The Bertz CT molecular complexity index is 1120. The predicted molar refractivity (Wildman–Crippen MR) is 117 cm³/mol. The summed E-state index contributed by atoms with van der Waals surface area (Å²) in [5, 5.41) is 12.3. The molecule has 3 aromatic rings. The molecule has 0 unspecified atom stereocenters. The molecule has 158 valence electrons. The Morgan fingerprint density at radius 2 is 1.62 bits per heavy atom. The molecule has 7 heteroatoms. The van der Waals surface area contributed by atoms with Crippen molar-refractivity contribution in [3.8, 4) is 16.9 Å². The van der Waals surface area contributed by atoms with Crippen LogP contribution in [0.1, 0.15) is 34.8 Å². The summed E-state index contributed by atoms with van der Waals surface area (Å²) >= 11 is 6.35. The molecule has 1 aliphatic heterocycles. The fourth-order valence-electron chi connectivity index (χ4n) is 4.20. The molecule has 1 saturated heterocycles. The first-order valence-electron chi connectivity index (χ1n) is 10.0. The number of rotatable bonds is 5. The smallest absolute Gasteiger partial charge is 0.548 e. The number of benzene rings is 3. The van der Waals surface area contributed by atoms with Crippen LogP contribution in [0, 0.1) is 0 Å². The molecular weight excluding hydrogens is 437 g/mol. The molecule has 5 nitrogen and oxygen atoms in total. The number of carbonyl (C=O) groups excluding carboxylic acids is 2. The third-order valence-electron chi connectivity index (χ3n) is 5.71. The van der Waals surface area contributed by atoms with Gasteiger partial charge in [0.15, 0.2) is 0 Å². The van der Waals surface area contributed by atoms with Gasteiger partial charge in [-0.3, -0.25) is 4.79 Å². The molecule has 32 heavy (non-hydrogen) atoms. The third kappa shape index (κ3) is 4.71. The predicted octanol–water partition coefficient (Wildman–Crippen LogP) is 1.12. The first kappa shape index (κ1) is 24.3. The zero-order valence-corrected chi connectivity index (χ0v) is 20.7. The van der Waals surface area contributed by atoms with Crippen molar-refractivity contribution in [2.75, 3.05) is 7.11 Å². The molecule has 0 saturated carbocycles. The van der Waals surface area contributed by atoms with Crippen molar-refractivity contribution in [2.24, 2.45) is 0 Å². The summed E-state index contributed by atoms with van der Waals surface area (Å²) in [5.74, 6) is -0.881. The van der Waals surface area contributed by atoms with Crippen molar-refractivity contribution in [3.63, 3.8) is 0 Å². The van der Waals surface area contributed by atoms with E-state index in [9.17, 15) is 14.7 Å². The van der Waals surface area contributed by atoms with Gasteiger partial charge in [0.25, 0.3) is 5.91 Å². The van der Waals surface area contributed by atoms with Crippen molar-refractivity contribution in [1.29, 1.82) is 0 Å². The average Bonchev–Trinajstić information content (AvgIpc) is 3.24. The zero-order chi connectivity index (χ0) is 22.0. The molecule has 0 spiro atoms. The maximum atomic E-state index is 13.4. The Morgan fingerprint density at radius 3 is 2.28 bits per heavy atom. The fourth-order valence-corrected chi connectivity index (χ4v) is 4.46. The molecule has 0 bridgehead atoms. The van der Waals surface area contributed by atoms with Crippen LogP contribution in [0.4, 0.5) is 0 Å². The second-order valence-electron chi connectivity index (χ2n) is 7.44. The standard InChI is InChI=1S/C25H22ClNO4.Na/c1-31-23-9-5-3-6-18(23)16-10-12-17(13-11-16)24(28)27-21(14-15-22(27)25(29)30)19-7-2-4-8-20(19)26;/h2-13,21-22H,14-15H2,1H3,(H,29,30);/q;+1/p-1/t21-,22+;/m1./s1. The summed E-state index contributed by atoms with van der Waals surface area (Å²) in [6, 6.07) is 20.5. The van der Waals surface area contributed by atoms with Gasteiger partial charge in [-0.15, -0.1) is 0 Å². The number of aliphatic carboxylic acids is 1. The van der Waals surface area contributed by atoms with Crippen LogP contribution in [0.2, 0.25) is 5.02 Å². The molecular formula is C25H21ClNNaO4. The second-order valence-corrected chi connectivity index (χ2v) is 7.85. The van der Waals surface area contributed by atoms with Crippen LogP contribution >= 0.6 is 11.6 Å². The third-order valence-corrected chi connectivity index (χ3v) is 6.05. The van der Waals surface area contributed by atoms with Crippen LogP contribution in [-0.4, -0.2) is 29.9 Å². The maximum Gasteiger partial charge on any atom is 1.00 e. The minimum atomic E-state index is -1.26. The molecule has 0 N–H and O–H groups in total. The zero-order valence-electron chi connectivity index (χ0n) is 18.0. The van der Waals surface area contributed by atoms with Crippen LogP contribution in [0.3, 0.4) is 0 Å². The molecule has 2 atom stereocenters. The first-order valence-corrected chi connectivity index (χ1v) is 10.4. The number of carbonyl (C=O) groups is 2. The van der Waals surface area contributed by atoms with Crippen molar-refractivity contribution < 1.29 is 49.0 Å². The number of amides is 1. The monoisotopic (exact) mass is 457 g/mol. The van der Waals surface area contributed by atoms with Gasteiger partial charge in [0, 0.05) is 16.1 Å². The quantitative estimate of drug-likeness (QED) is 0.538. The summed E-state index contributed by atoms with van der Waals surface area (Å²) in [6.45, 7) is 0. The molecule has 0 aromatic heterocycles. The number of carboxylic acids is 1. The second kappa shape index (κ2) is 10.5. The SMILES string of the molecule is COc1ccccc1-c1ccc(C(=O)N2[C@@H](c3ccccc3Cl)CC[C@H]2C(=O)[O-])cc1.[Na+]. The van der Waals surface area contributed by atoms with E-state index in [-0.39, 0.29) is 35.5 Å². The number of nitrogens with zero attached hydrogens (tertiary/aromatic N) is 1. The van der Waals surface area contributed by atoms with Gasteiger partial charge in [0.2, 0.25) is 0 Å². The van der Waals surface area contributed by atoms with Gasteiger partial charge >= 0.3 is 29.6 Å². The van der Waals surface area contributed by atoms with Crippen LogP contribution in [0.5, 0.6) is 5.75 Å². The van der Waals surface area contributed by atoms with E-state index in [1.165, 1.54) is 4.90 Å². The molecule has 0 radical (unpaired) electrons. The summed E-state index contributed by atoms with van der Waals surface area (Å²) in [5.41, 5.74) is 2.96. The molecule has 1 amide bonds. The number of hydrogen-bond donors (Lipinski definition) is 0. The van der Waals surface area contributed by atoms with E-state index in [0.717, 1.165) is 22.4 Å². The van der Waals surface area contributed by atoms with Crippen molar-refractivity contribution in [1.82, 2.24) is 4.90 Å². The van der Waals surface area contributed by atoms with E-state index < -0.39 is 18.1 Å². The van der Waals surface area contributed by atoms with Gasteiger partial charge in [-0.2, -0.15) is 0 Å². The Balaban J connectivity index is 0.00000289. The van der Waals surface area contributed by atoms with Gasteiger partial charge in [-0.05, 0) is 48.2 Å². The van der Waals surface area contributed by atoms with Crippen LogP contribution in [-0.2, 0) is 4.79 Å². The summed E-state index contributed by atoms with van der Waals surface area (Å²) in [4.78, 5) is 26.6. The number of hydrogen-bond acceptors (Lipinski definition) is 4. The number of carboxylic acid groups (broad SMARTS) is 1. The van der Waals surface area contributed by atoms with Crippen molar-refractivity contribution in [3.05, 3.63) is 88.9 Å². The fraction of sp³-hybridized carbons (Fsp3) is 0.200. The van der Waals surface area contributed by atoms with Crippen molar-refractivity contribution in [2.45, 2.75) is 24.9 Å². The number of ether oxygens (including phenoxy) is 1. The van der Waals surface area contributed by atoms with Gasteiger partial charge < -0.3 is 19.5 Å². The van der Waals surface area contributed by atoms with E-state index in [0.29, 0.717) is 23.4 Å². The van der Waals surface area contributed by atoms with E-state index in [4.69, 9.17) is 16.3 Å². The summed E-state index contributed by atoms with van der Waals surface area (Å²) < 4.78 is 5.41. The van der Waals surface area contributed by atoms with Crippen LogP contribution in [0.15, 0.2) is 72.8 Å². The summed E-state index contributed by atoms with van der Waals surface area (Å²) in [6.07, 6.45) is 0.830. The number of para-hydroxylation sites is 1. The van der Waals surface area contributed by atoms with Gasteiger partial charge in [-0.25, -0.2) is 0 Å². The Morgan fingerprint density at radius 1 is 0.969 bits per heavy atom. The Labute approximate surface area is 214 Å². The Kier molecular flexibility index (Phi) is 8.01. The number of likely N-dealkylation sites (tertiary alicyclic amines) is 1. The first-order chi connectivity index (χ1) is 15.0. The maximum absolute atomic E-state index is 13.4. The molecule has 1 fully saturated rings. The minimum absolute atomic E-state index is 0. The van der Waals surface area contributed by atoms with Gasteiger partial charge in [-0.1, -0.05) is 60.1 Å². The largest absolute Gasteiger partial charge is 1.00 e. The Hall–Kier alpha value is -2.31. The number of methoxy groups -OCH3 is 1. The van der Waals surface area contributed by atoms with Gasteiger partial charge in [0.1, 0.15) is 5.75 Å². The minimum Gasteiger partial charge on any atom is -0.548 e. The van der Waals surface area contributed by atoms with E-state index in [1.54, 1.807) is 31.4 Å². The molecule has 0 aliphatic carbocycles. The molecule has 4 rings (SSSR count). The average molecular weight is 458 g/mol. The van der Waals surface area contributed by atoms with Gasteiger partial charge in [0.05, 0.1) is 25.2 Å². The van der Waals surface area contributed by atoms with E-state index in [1.807, 2.05) is 48.5 Å². The van der Waals surface area contributed by atoms with Crippen LogP contribution < -0.4 is 39.4 Å². The molecule has 1 heterocycles.